The second kappa shape index (κ2) is 10.9. The minimum atomic E-state index is 0.0543. The first-order valence-electron chi connectivity index (χ1n) is 10.4. The summed E-state index contributed by atoms with van der Waals surface area (Å²) in [6.07, 6.45) is 1.88. The number of halogens is 2. The van der Waals surface area contributed by atoms with E-state index in [1.54, 1.807) is 11.3 Å². The fourth-order valence-electron chi connectivity index (χ4n) is 3.68. The van der Waals surface area contributed by atoms with Gasteiger partial charge in [0.05, 0.1) is 21.5 Å². The highest BCUT2D eigenvalue weighted by Crippen LogP contribution is 2.29. The van der Waals surface area contributed by atoms with Crippen LogP contribution in [0.2, 0.25) is 10.0 Å². The van der Waals surface area contributed by atoms with Gasteiger partial charge in [-0.25, -0.2) is 4.98 Å². The molecule has 1 aromatic heterocycles. The molecule has 1 aliphatic rings. The van der Waals surface area contributed by atoms with Crippen LogP contribution in [-0.2, 0) is 11.3 Å². The number of nitrogens with zero attached hydrogens (tertiary/aromatic N) is 2. The van der Waals surface area contributed by atoms with Crippen LogP contribution in [0.4, 0.5) is 5.69 Å². The van der Waals surface area contributed by atoms with Gasteiger partial charge in [0.25, 0.3) is 0 Å². The van der Waals surface area contributed by atoms with E-state index in [-0.39, 0.29) is 11.9 Å². The molecule has 0 spiro atoms. The van der Waals surface area contributed by atoms with Crippen LogP contribution < -0.4 is 11.1 Å². The number of benzene rings is 2. The van der Waals surface area contributed by atoms with Gasteiger partial charge >= 0.3 is 0 Å². The number of nitrogens with two attached hydrogens (primary N) is 1. The fourth-order valence-corrected chi connectivity index (χ4v) is 5.65. The van der Waals surface area contributed by atoms with E-state index < -0.39 is 0 Å². The zero-order chi connectivity index (χ0) is 22.5. The number of carbonyl (C=O) groups excluding carboxylic acids is 1. The molecule has 3 aromatic rings. The number of rotatable bonds is 7. The molecule has 0 unspecified atom stereocenters. The van der Waals surface area contributed by atoms with E-state index in [4.69, 9.17) is 28.9 Å². The molecule has 1 saturated heterocycles. The number of hydrogen-bond donors (Lipinski definition) is 2. The molecular formula is C23H24Cl2N4OS2. The molecule has 4 rings (SSSR count). The van der Waals surface area contributed by atoms with E-state index in [0.29, 0.717) is 21.5 Å². The van der Waals surface area contributed by atoms with Gasteiger partial charge in [-0.2, -0.15) is 0 Å². The van der Waals surface area contributed by atoms with Crippen LogP contribution in [0.25, 0.3) is 11.3 Å². The van der Waals surface area contributed by atoms with Gasteiger partial charge < -0.3 is 11.1 Å². The normalized spacial score (nSPS) is 15.1. The van der Waals surface area contributed by atoms with Crippen molar-refractivity contribution < 1.29 is 4.79 Å². The van der Waals surface area contributed by atoms with Crippen LogP contribution in [0.15, 0.2) is 52.2 Å². The van der Waals surface area contributed by atoms with Gasteiger partial charge in [0.2, 0.25) is 5.91 Å². The smallest absolute Gasteiger partial charge is 0.230 e. The summed E-state index contributed by atoms with van der Waals surface area (Å²) in [4.78, 5) is 19.4. The van der Waals surface area contributed by atoms with E-state index in [1.807, 2.05) is 47.8 Å². The SMILES string of the molecule is Nc1cccc(-c2csc(SCC(=O)NC3CCN(Cc4ccc(Cl)c(Cl)c4)CC3)n2)c1. The number of likely N-dealkylation sites (tertiary alicyclic amines) is 1. The number of piperidine rings is 1. The van der Waals surface area contributed by atoms with Crippen molar-refractivity contribution in [2.24, 2.45) is 0 Å². The largest absolute Gasteiger partial charge is 0.399 e. The Hall–Kier alpha value is -1.77. The summed E-state index contributed by atoms with van der Waals surface area (Å²) in [6.45, 7) is 2.72. The highest BCUT2D eigenvalue weighted by molar-refractivity contribution is 8.01. The monoisotopic (exact) mass is 506 g/mol. The zero-order valence-electron chi connectivity index (χ0n) is 17.4. The summed E-state index contributed by atoms with van der Waals surface area (Å²) in [6, 6.07) is 13.7. The minimum absolute atomic E-state index is 0.0543. The predicted octanol–water partition coefficient (Wildman–Crippen LogP) is 5.57. The summed E-state index contributed by atoms with van der Waals surface area (Å²) in [7, 11) is 0. The summed E-state index contributed by atoms with van der Waals surface area (Å²) in [5, 5.41) is 6.33. The van der Waals surface area contributed by atoms with E-state index in [2.05, 4.69) is 15.2 Å². The lowest BCUT2D eigenvalue weighted by Crippen LogP contribution is -2.44. The average Bonchev–Trinajstić information content (AvgIpc) is 3.26. The molecular weight excluding hydrogens is 483 g/mol. The van der Waals surface area contributed by atoms with Gasteiger partial charge in [0.15, 0.2) is 4.34 Å². The highest BCUT2D eigenvalue weighted by Gasteiger charge is 2.21. The van der Waals surface area contributed by atoms with E-state index >= 15 is 0 Å². The van der Waals surface area contributed by atoms with Crippen LogP contribution in [-0.4, -0.2) is 40.7 Å². The number of hydrogen-bond acceptors (Lipinski definition) is 6. The molecule has 0 saturated carbocycles. The number of thioether (sulfide) groups is 1. The number of nitrogens with one attached hydrogen (secondary N) is 1. The van der Waals surface area contributed by atoms with Crippen molar-refractivity contribution >= 4 is 57.9 Å². The maximum Gasteiger partial charge on any atom is 0.230 e. The summed E-state index contributed by atoms with van der Waals surface area (Å²) in [5.74, 6) is 0.423. The second-order valence-corrected chi connectivity index (χ2v) is 10.7. The fraction of sp³-hybridized carbons (Fsp3) is 0.304. The maximum atomic E-state index is 12.4. The van der Waals surface area contributed by atoms with E-state index in [9.17, 15) is 4.79 Å². The molecule has 32 heavy (non-hydrogen) atoms. The third-order valence-electron chi connectivity index (χ3n) is 5.34. The van der Waals surface area contributed by atoms with E-state index in [1.165, 1.54) is 11.8 Å². The molecule has 168 valence electrons. The lowest BCUT2D eigenvalue weighted by molar-refractivity contribution is -0.119. The Morgan fingerprint density at radius 1 is 1.19 bits per heavy atom. The van der Waals surface area contributed by atoms with Crippen LogP contribution in [0, 0.1) is 0 Å². The first-order valence-corrected chi connectivity index (χ1v) is 13.0. The molecule has 1 aliphatic heterocycles. The van der Waals surface area contributed by atoms with Crippen molar-refractivity contribution in [2.75, 3.05) is 24.6 Å². The van der Waals surface area contributed by atoms with Crippen LogP contribution in [0.5, 0.6) is 0 Å². The Balaban J connectivity index is 1.20. The molecule has 3 N–H and O–H groups in total. The van der Waals surface area contributed by atoms with Crippen molar-refractivity contribution in [1.82, 2.24) is 15.2 Å². The molecule has 0 atom stereocenters. The molecule has 9 heteroatoms. The molecule has 1 amide bonds. The topological polar surface area (TPSA) is 71.2 Å². The Bertz CT molecular complexity index is 1080. The number of anilines is 1. The standard InChI is InChI=1S/C23H24Cl2N4OS2/c24-19-5-4-15(10-20(19)25)12-29-8-6-18(7-9-29)27-22(30)14-32-23-28-21(13-31-23)16-2-1-3-17(26)11-16/h1-5,10-11,13,18H,6-9,12,14,26H2,(H,27,30). The number of thiazole rings is 1. The Labute approximate surface area is 206 Å². The van der Waals surface area contributed by atoms with Crippen molar-refractivity contribution in [2.45, 2.75) is 29.8 Å². The summed E-state index contributed by atoms with van der Waals surface area (Å²) in [5.41, 5.74) is 9.60. The third-order valence-corrected chi connectivity index (χ3v) is 8.10. The van der Waals surface area contributed by atoms with Crippen molar-refractivity contribution in [1.29, 1.82) is 0 Å². The molecule has 2 aromatic carbocycles. The molecule has 0 radical (unpaired) electrons. The molecule has 0 aliphatic carbocycles. The third kappa shape index (κ3) is 6.39. The predicted molar refractivity (Wildman–Crippen MR) is 136 cm³/mol. The van der Waals surface area contributed by atoms with Crippen molar-refractivity contribution in [3.63, 3.8) is 0 Å². The quantitative estimate of drug-likeness (QED) is 0.323. The van der Waals surface area contributed by atoms with Crippen LogP contribution >= 0.6 is 46.3 Å². The molecule has 2 heterocycles. The lowest BCUT2D eigenvalue weighted by atomic mass is 10.0. The maximum absolute atomic E-state index is 12.4. The van der Waals surface area contributed by atoms with Gasteiger partial charge in [-0.15, -0.1) is 11.3 Å². The summed E-state index contributed by atoms with van der Waals surface area (Å²) < 4.78 is 0.883. The Morgan fingerprint density at radius 2 is 2.00 bits per heavy atom. The molecule has 0 bridgehead atoms. The molecule has 1 fully saturated rings. The number of amides is 1. The zero-order valence-corrected chi connectivity index (χ0v) is 20.5. The average molecular weight is 508 g/mol. The van der Waals surface area contributed by atoms with Gasteiger partial charge in [-0.3, -0.25) is 9.69 Å². The van der Waals surface area contributed by atoms with Gasteiger partial charge in [-0.05, 0) is 42.7 Å². The first kappa shape index (κ1) is 23.4. The minimum Gasteiger partial charge on any atom is -0.399 e. The summed E-state index contributed by atoms with van der Waals surface area (Å²) >= 11 is 15.1. The second-order valence-electron chi connectivity index (χ2n) is 7.78. The van der Waals surface area contributed by atoms with Gasteiger partial charge in [0.1, 0.15) is 0 Å². The highest BCUT2D eigenvalue weighted by atomic mass is 35.5. The van der Waals surface area contributed by atoms with Gasteiger partial charge in [0, 0.05) is 42.3 Å². The number of carbonyl (C=O) groups is 1. The Morgan fingerprint density at radius 3 is 2.75 bits per heavy atom. The van der Waals surface area contributed by atoms with Gasteiger partial charge in [-0.1, -0.05) is 53.2 Å². The van der Waals surface area contributed by atoms with Crippen LogP contribution in [0.1, 0.15) is 18.4 Å². The van der Waals surface area contributed by atoms with E-state index in [0.717, 1.165) is 53.6 Å². The Kier molecular flexibility index (Phi) is 7.97. The number of nitrogen functional groups attached to an aromatic ring is 1. The number of aromatic nitrogens is 1. The lowest BCUT2D eigenvalue weighted by Gasteiger charge is -2.32. The first-order chi connectivity index (χ1) is 15.5. The van der Waals surface area contributed by atoms with Crippen molar-refractivity contribution in [3.8, 4) is 11.3 Å². The molecule has 5 nitrogen and oxygen atoms in total. The van der Waals surface area contributed by atoms with Crippen LogP contribution in [0.3, 0.4) is 0 Å². The van der Waals surface area contributed by atoms with Crippen molar-refractivity contribution in [3.05, 3.63) is 63.5 Å².